The van der Waals surface area contributed by atoms with Crippen molar-refractivity contribution in [3.8, 4) is 5.69 Å². The van der Waals surface area contributed by atoms with Gasteiger partial charge in [0.1, 0.15) is 5.76 Å². The van der Waals surface area contributed by atoms with E-state index in [-0.39, 0.29) is 5.91 Å². The molecule has 7 heteroatoms. The SMILES string of the molecule is Cc1cc(-n2c(C)cc(/C=C3\SC(=Nc4ccccc4)N(Cc4ccco4)C3=O)c2C)ccc1Br. The molecule has 0 bridgehead atoms. The number of rotatable bonds is 5. The lowest BCUT2D eigenvalue weighted by atomic mass is 10.2. The fourth-order valence-corrected chi connectivity index (χ4v) is 5.38. The van der Waals surface area contributed by atoms with Crippen LogP contribution in [0.1, 0.15) is 28.3 Å². The lowest BCUT2D eigenvalue weighted by molar-refractivity contribution is -0.122. The maximum Gasteiger partial charge on any atom is 0.267 e. The summed E-state index contributed by atoms with van der Waals surface area (Å²) < 4.78 is 8.82. The Morgan fingerprint density at radius 3 is 2.54 bits per heavy atom. The number of aromatic nitrogens is 1. The zero-order valence-electron chi connectivity index (χ0n) is 19.7. The maximum absolute atomic E-state index is 13.5. The normalized spacial score (nSPS) is 16.1. The van der Waals surface area contributed by atoms with Gasteiger partial charge in [-0.2, -0.15) is 0 Å². The zero-order chi connectivity index (χ0) is 24.5. The van der Waals surface area contributed by atoms with Crippen LogP contribution in [0, 0.1) is 20.8 Å². The van der Waals surface area contributed by atoms with Crippen LogP contribution >= 0.6 is 27.7 Å². The smallest absolute Gasteiger partial charge is 0.267 e. The fourth-order valence-electron chi connectivity index (χ4n) is 4.14. The molecule has 5 rings (SSSR count). The number of amidine groups is 1. The average molecular weight is 546 g/mol. The molecule has 0 N–H and O–H groups in total. The van der Waals surface area contributed by atoms with E-state index in [9.17, 15) is 4.79 Å². The molecule has 1 fully saturated rings. The third-order valence-corrected chi connectivity index (χ3v) is 7.82. The van der Waals surface area contributed by atoms with E-state index in [1.165, 1.54) is 17.3 Å². The van der Waals surface area contributed by atoms with E-state index in [1.54, 1.807) is 11.2 Å². The van der Waals surface area contributed by atoms with E-state index in [0.29, 0.717) is 22.4 Å². The number of para-hydroxylation sites is 1. The van der Waals surface area contributed by atoms with Gasteiger partial charge in [-0.1, -0.05) is 34.1 Å². The summed E-state index contributed by atoms with van der Waals surface area (Å²) in [5.74, 6) is 0.634. The number of carbonyl (C=O) groups is 1. The number of nitrogens with zero attached hydrogens (tertiary/aromatic N) is 3. The number of furan rings is 1. The number of aryl methyl sites for hydroxylation is 2. The molecular formula is C28H24BrN3O2S. The Balaban J connectivity index is 1.52. The van der Waals surface area contributed by atoms with Crippen LogP contribution < -0.4 is 0 Å². The number of thioether (sulfide) groups is 1. The Bertz CT molecular complexity index is 1450. The molecule has 1 amide bonds. The molecule has 1 aliphatic heterocycles. The standard InChI is InChI=1S/C28H24BrN3O2S/c1-18-14-23(11-12-25(18)29)32-19(2)15-21(20(32)3)16-26-27(33)31(17-24-10-7-13-34-24)28(35-26)30-22-8-5-4-6-9-22/h4-16H,17H2,1-3H3/b26-16-,30-28?. The molecule has 5 nitrogen and oxygen atoms in total. The fraction of sp³-hybridized carbons (Fsp3) is 0.143. The van der Waals surface area contributed by atoms with Crippen molar-refractivity contribution in [1.29, 1.82) is 0 Å². The predicted octanol–water partition coefficient (Wildman–Crippen LogP) is 7.56. The minimum Gasteiger partial charge on any atom is -0.467 e. The average Bonchev–Trinajstić information content (AvgIpc) is 3.53. The molecule has 0 atom stereocenters. The van der Waals surface area contributed by atoms with Crippen molar-refractivity contribution >= 4 is 50.5 Å². The van der Waals surface area contributed by atoms with Gasteiger partial charge in [0.2, 0.25) is 0 Å². The summed E-state index contributed by atoms with van der Waals surface area (Å²) in [6, 6.07) is 21.8. The predicted molar refractivity (Wildman–Crippen MR) is 146 cm³/mol. The molecule has 0 unspecified atom stereocenters. The molecule has 0 saturated carbocycles. The quantitative estimate of drug-likeness (QED) is 0.243. The van der Waals surface area contributed by atoms with Gasteiger partial charge in [0.15, 0.2) is 5.17 Å². The Labute approximate surface area is 217 Å². The molecular weight excluding hydrogens is 522 g/mol. The van der Waals surface area contributed by atoms with Gasteiger partial charge in [0.25, 0.3) is 5.91 Å². The van der Waals surface area contributed by atoms with Gasteiger partial charge in [-0.3, -0.25) is 9.69 Å². The molecule has 1 saturated heterocycles. The van der Waals surface area contributed by atoms with Crippen molar-refractivity contribution in [1.82, 2.24) is 9.47 Å². The van der Waals surface area contributed by atoms with Gasteiger partial charge < -0.3 is 8.98 Å². The first-order valence-electron chi connectivity index (χ1n) is 11.2. The molecule has 2 aromatic carbocycles. The van der Waals surface area contributed by atoms with Crippen molar-refractivity contribution in [3.05, 3.63) is 111 Å². The van der Waals surface area contributed by atoms with Crippen LogP contribution in [0.3, 0.4) is 0 Å². The number of benzene rings is 2. The second-order valence-corrected chi connectivity index (χ2v) is 10.3. The highest BCUT2D eigenvalue weighted by Gasteiger charge is 2.34. The van der Waals surface area contributed by atoms with Gasteiger partial charge in [0.05, 0.1) is 23.4 Å². The van der Waals surface area contributed by atoms with Crippen LogP contribution in [0.4, 0.5) is 5.69 Å². The number of carbonyl (C=O) groups excluding carboxylic acids is 1. The summed E-state index contributed by atoms with van der Waals surface area (Å²) >= 11 is 4.98. The Morgan fingerprint density at radius 2 is 1.83 bits per heavy atom. The van der Waals surface area contributed by atoms with Crippen LogP contribution in [-0.4, -0.2) is 20.5 Å². The minimum atomic E-state index is -0.0784. The summed E-state index contributed by atoms with van der Waals surface area (Å²) in [5.41, 5.74) is 6.27. The lowest BCUT2D eigenvalue weighted by Crippen LogP contribution is -2.28. The molecule has 4 aromatic rings. The van der Waals surface area contributed by atoms with Crippen LogP contribution in [-0.2, 0) is 11.3 Å². The van der Waals surface area contributed by atoms with Gasteiger partial charge in [-0.05, 0) is 98.3 Å². The first-order chi connectivity index (χ1) is 16.9. The topological polar surface area (TPSA) is 50.7 Å². The molecule has 0 aliphatic carbocycles. The summed E-state index contributed by atoms with van der Waals surface area (Å²) in [5, 5.41) is 0.640. The van der Waals surface area contributed by atoms with E-state index >= 15 is 0 Å². The third-order valence-electron chi connectivity index (χ3n) is 5.92. The number of amides is 1. The third kappa shape index (κ3) is 4.79. The van der Waals surface area contributed by atoms with Gasteiger partial charge in [-0.15, -0.1) is 0 Å². The minimum absolute atomic E-state index is 0.0784. The summed E-state index contributed by atoms with van der Waals surface area (Å²) in [4.78, 5) is 20.6. The highest BCUT2D eigenvalue weighted by Crippen LogP contribution is 2.36. The van der Waals surface area contributed by atoms with Crippen molar-refractivity contribution in [2.24, 2.45) is 4.99 Å². The number of aliphatic imine (C=N–C) groups is 1. The second kappa shape index (κ2) is 9.76. The highest BCUT2D eigenvalue weighted by molar-refractivity contribution is 9.10. The lowest BCUT2D eigenvalue weighted by Gasteiger charge is -2.13. The summed E-state index contributed by atoms with van der Waals surface area (Å²) in [7, 11) is 0. The van der Waals surface area contributed by atoms with Crippen molar-refractivity contribution in [2.45, 2.75) is 27.3 Å². The monoisotopic (exact) mass is 545 g/mol. The van der Waals surface area contributed by atoms with Crippen molar-refractivity contribution in [2.75, 3.05) is 0 Å². The van der Waals surface area contributed by atoms with E-state index in [1.807, 2.05) is 48.5 Å². The Hall–Kier alpha value is -3.29. The first-order valence-corrected chi connectivity index (χ1v) is 12.8. The van der Waals surface area contributed by atoms with Crippen LogP contribution in [0.25, 0.3) is 11.8 Å². The van der Waals surface area contributed by atoms with Crippen LogP contribution in [0.2, 0.25) is 0 Å². The second-order valence-electron chi connectivity index (χ2n) is 8.41. The number of hydrogen-bond acceptors (Lipinski definition) is 4. The van der Waals surface area contributed by atoms with E-state index in [4.69, 9.17) is 9.41 Å². The van der Waals surface area contributed by atoms with Gasteiger partial charge >= 0.3 is 0 Å². The molecule has 0 spiro atoms. The largest absolute Gasteiger partial charge is 0.467 e. The van der Waals surface area contributed by atoms with E-state index in [0.717, 1.165) is 32.8 Å². The molecule has 2 aromatic heterocycles. The summed E-state index contributed by atoms with van der Waals surface area (Å²) in [6.07, 6.45) is 3.59. The number of hydrogen-bond donors (Lipinski definition) is 0. The zero-order valence-corrected chi connectivity index (χ0v) is 22.1. The summed E-state index contributed by atoms with van der Waals surface area (Å²) in [6.45, 7) is 6.58. The molecule has 0 radical (unpaired) electrons. The van der Waals surface area contributed by atoms with Crippen molar-refractivity contribution in [3.63, 3.8) is 0 Å². The first kappa shape index (κ1) is 23.5. The Kier molecular flexibility index (Phi) is 6.54. The molecule has 3 heterocycles. The van der Waals surface area contributed by atoms with Crippen LogP contribution in [0.5, 0.6) is 0 Å². The highest BCUT2D eigenvalue weighted by atomic mass is 79.9. The Morgan fingerprint density at radius 1 is 1.03 bits per heavy atom. The molecule has 176 valence electrons. The molecule has 1 aliphatic rings. The van der Waals surface area contributed by atoms with E-state index < -0.39 is 0 Å². The van der Waals surface area contributed by atoms with Crippen molar-refractivity contribution < 1.29 is 9.21 Å². The maximum atomic E-state index is 13.5. The van der Waals surface area contributed by atoms with Gasteiger partial charge in [0, 0.05) is 21.5 Å². The number of halogens is 1. The van der Waals surface area contributed by atoms with Crippen LogP contribution in [0.15, 0.2) is 91.8 Å². The van der Waals surface area contributed by atoms with E-state index in [2.05, 4.69) is 65.5 Å². The molecule has 35 heavy (non-hydrogen) atoms. The van der Waals surface area contributed by atoms with Gasteiger partial charge in [-0.25, -0.2) is 4.99 Å².